The van der Waals surface area contributed by atoms with Crippen molar-refractivity contribution in [3.05, 3.63) is 28.8 Å². The molecular weight excluding hydrogens is 324 g/mol. The van der Waals surface area contributed by atoms with Crippen LogP contribution in [0.1, 0.15) is 21.5 Å². The average molecular weight is 329 g/mol. The largest absolute Gasteiger partial charge is 0.465 e. The monoisotopic (exact) mass is 329 g/mol. The summed E-state index contributed by atoms with van der Waals surface area (Å²) in [5.41, 5.74) is -8.40. The Kier molecular flexibility index (Phi) is 4.78. The van der Waals surface area contributed by atoms with Crippen LogP contribution < -0.4 is 0 Å². The van der Waals surface area contributed by atoms with Gasteiger partial charge in [-0.15, -0.1) is 0 Å². The molecule has 0 N–H and O–H groups in total. The van der Waals surface area contributed by atoms with Gasteiger partial charge in [-0.05, 0) is 23.9 Å². The van der Waals surface area contributed by atoms with Crippen LogP contribution in [0.2, 0.25) is 0 Å². The molecule has 0 aliphatic carbocycles. The van der Waals surface area contributed by atoms with E-state index in [9.17, 15) is 31.1 Å². The zero-order valence-electron chi connectivity index (χ0n) is 10.1. The smallest absolute Gasteiger partial charge is 0.446 e. The van der Waals surface area contributed by atoms with Crippen LogP contribution in [0.3, 0.4) is 0 Å². The number of alkyl halides is 6. The molecule has 0 saturated heterocycles. The standard InChI is InChI=1S/C11H5F6NO2S/c1-20-9(19)5-2-3-7(10(12,13)14)8(6(5)4-18)21-11(15,16)17/h2-3H,1H3. The fourth-order valence-corrected chi connectivity index (χ4v) is 2.20. The fraction of sp³-hybridized carbons (Fsp3) is 0.273. The second kappa shape index (κ2) is 5.85. The second-order valence-corrected chi connectivity index (χ2v) is 4.59. The van der Waals surface area contributed by atoms with Crippen molar-refractivity contribution in [2.45, 2.75) is 16.6 Å². The number of halogens is 6. The predicted octanol–water partition coefficient (Wildman–Crippen LogP) is 3.98. The number of hydrogen-bond donors (Lipinski definition) is 0. The van der Waals surface area contributed by atoms with E-state index in [1.807, 2.05) is 0 Å². The van der Waals surface area contributed by atoms with Gasteiger partial charge in [0.2, 0.25) is 0 Å². The minimum atomic E-state index is -5.10. The lowest BCUT2D eigenvalue weighted by molar-refractivity contribution is -0.139. The van der Waals surface area contributed by atoms with Crippen molar-refractivity contribution in [2.24, 2.45) is 0 Å². The van der Waals surface area contributed by atoms with Crippen molar-refractivity contribution in [3.8, 4) is 6.07 Å². The van der Waals surface area contributed by atoms with Gasteiger partial charge in [-0.3, -0.25) is 0 Å². The van der Waals surface area contributed by atoms with Gasteiger partial charge in [0.1, 0.15) is 6.07 Å². The first-order valence-corrected chi connectivity index (χ1v) is 5.81. The summed E-state index contributed by atoms with van der Waals surface area (Å²) in [6.07, 6.45) is -5.10. The van der Waals surface area contributed by atoms with Gasteiger partial charge in [0.05, 0.1) is 23.8 Å². The lowest BCUT2D eigenvalue weighted by Crippen LogP contribution is -2.14. The number of ether oxygens (including phenoxy) is 1. The molecular formula is C11H5F6NO2S. The van der Waals surface area contributed by atoms with Crippen LogP contribution in [0.4, 0.5) is 26.3 Å². The molecule has 0 spiro atoms. The molecule has 0 aliphatic heterocycles. The quantitative estimate of drug-likeness (QED) is 0.468. The topological polar surface area (TPSA) is 50.1 Å². The second-order valence-electron chi connectivity index (χ2n) is 3.51. The Hall–Kier alpha value is -1.89. The summed E-state index contributed by atoms with van der Waals surface area (Å²) in [5.74, 6) is -1.20. The maximum Gasteiger partial charge on any atom is 0.446 e. The van der Waals surface area contributed by atoms with E-state index in [1.165, 1.54) is 6.07 Å². The van der Waals surface area contributed by atoms with Crippen molar-refractivity contribution in [1.82, 2.24) is 0 Å². The highest BCUT2D eigenvalue weighted by molar-refractivity contribution is 8.00. The van der Waals surface area contributed by atoms with E-state index in [0.29, 0.717) is 12.1 Å². The average Bonchev–Trinajstić information content (AvgIpc) is 2.33. The van der Waals surface area contributed by atoms with E-state index < -0.39 is 51.0 Å². The molecule has 0 bridgehead atoms. The molecule has 0 atom stereocenters. The van der Waals surface area contributed by atoms with E-state index in [-0.39, 0.29) is 0 Å². The number of methoxy groups -OCH3 is 1. The van der Waals surface area contributed by atoms with Gasteiger partial charge in [0, 0.05) is 4.90 Å². The summed E-state index contributed by atoms with van der Waals surface area (Å²) < 4.78 is 79.7. The van der Waals surface area contributed by atoms with Crippen LogP contribution >= 0.6 is 11.8 Å². The Bertz CT molecular complexity index is 602. The number of rotatable bonds is 2. The molecule has 114 valence electrons. The molecule has 10 heteroatoms. The van der Waals surface area contributed by atoms with Gasteiger partial charge in [-0.2, -0.15) is 31.6 Å². The van der Waals surface area contributed by atoms with Crippen molar-refractivity contribution < 1.29 is 35.9 Å². The number of nitrogens with zero attached hydrogens (tertiary/aromatic N) is 1. The zero-order chi connectivity index (χ0) is 16.4. The number of carbonyl (C=O) groups is 1. The third-order valence-corrected chi connectivity index (χ3v) is 3.06. The van der Waals surface area contributed by atoms with Crippen molar-refractivity contribution in [3.63, 3.8) is 0 Å². The molecule has 3 nitrogen and oxygen atoms in total. The normalized spacial score (nSPS) is 11.9. The van der Waals surface area contributed by atoms with Gasteiger partial charge in [0.15, 0.2) is 0 Å². The number of esters is 1. The minimum Gasteiger partial charge on any atom is -0.465 e. The number of thioether (sulfide) groups is 1. The molecule has 0 heterocycles. The van der Waals surface area contributed by atoms with E-state index in [2.05, 4.69) is 4.74 Å². The van der Waals surface area contributed by atoms with Gasteiger partial charge >= 0.3 is 17.7 Å². The minimum absolute atomic E-state index is 0.307. The summed E-state index contributed by atoms with van der Waals surface area (Å²) in [6.45, 7) is 0. The molecule has 0 saturated carbocycles. The van der Waals surface area contributed by atoms with Gasteiger partial charge in [-0.1, -0.05) is 0 Å². The Morgan fingerprint density at radius 2 is 1.81 bits per heavy atom. The van der Waals surface area contributed by atoms with Gasteiger partial charge in [0.25, 0.3) is 0 Å². The number of nitriles is 1. The molecule has 0 aliphatic rings. The number of hydrogen-bond acceptors (Lipinski definition) is 4. The van der Waals surface area contributed by atoms with Crippen LogP contribution in [0.5, 0.6) is 0 Å². The fourth-order valence-electron chi connectivity index (χ4n) is 1.42. The SMILES string of the molecule is COC(=O)c1ccc(C(F)(F)F)c(SC(F)(F)F)c1C#N. The van der Waals surface area contributed by atoms with Crippen molar-refractivity contribution >= 4 is 17.7 Å². The van der Waals surface area contributed by atoms with E-state index in [1.54, 1.807) is 0 Å². The van der Waals surface area contributed by atoms with E-state index in [0.717, 1.165) is 7.11 Å². The summed E-state index contributed by atoms with van der Waals surface area (Å²) in [4.78, 5) is 9.95. The molecule has 1 aromatic carbocycles. The Morgan fingerprint density at radius 1 is 1.24 bits per heavy atom. The lowest BCUT2D eigenvalue weighted by Gasteiger charge is -2.16. The third kappa shape index (κ3) is 4.04. The van der Waals surface area contributed by atoms with Crippen LogP contribution in [-0.2, 0) is 10.9 Å². The molecule has 0 radical (unpaired) electrons. The Morgan fingerprint density at radius 3 is 2.19 bits per heavy atom. The summed E-state index contributed by atoms with van der Waals surface area (Å²) in [5, 5.41) is 8.82. The van der Waals surface area contributed by atoms with E-state index in [4.69, 9.17) is 5.26 Å². The molecule has 1 rings (SSSR count). The molecule has 1 aromatic rings. The molecule has 21 heavy (non-hydrogen) atoms. The van der Waals surface area contributed by atoms with E-state index >= 15 is 0 Å². The van der Waals surface area contributed by atoms with Gasteiger partial charge < -0.3 is 4.74 Å². The summed E-state index contributed by atoms with van der Waals surface area (Å²) in [6, 6.07) is 2.10. The van der Waals surface area contributed by atoms with Crippen LogP contribution in [0.25, 0.3) is 0 Å². The lowest BCUT2D eigenvalue weighted by atomic mass is 10.0. The highest BCUT2D eigenvalue weighted by Crippen LogP contribution is 2.45. The van der Waals surface area contributed by atoms with Gasteiger partial charge in [-0.25, -0.2) is 4.79 Å². The molecule has 0 fully saturated rings. The number of carbonyl (C=O) groups excluding carboxylic acids is 1. The third-order valence-electron chi connectivity index (χ3n) is 2.20. The van der Waals surface area contributed by atoms with Crippen LogP contribution in [0, 0.1) is 11.3 Å². The zero-order valence-corrected chi connectivity index (χ0v) is 10.9. The summed E-state index contributed by atoms with van der Waals surface area (Å²) in [7, 11) is 0.887. The van der Waals surface area contributed by atoms with Crippen LogP contribution in [-0.4, -0.2) is 18.6 Å². The van der Waals surface area contributed by atoms with Crippen molar-refractivity contribution in [2.75, 3.05) is 7.11 Å². The predicted molar refractivity (Wildman–Crippen MR) is 59.4 cm³/mol. The Balaban J connectivity index is 3.65. The first-order valence-electron chi connectivity index (χ1n) is 4.99. The summed E-state index contributed by atoms with van der Waals surface area (Å²) >= 11 is -1.10. The highest BCUT2D eigenvalue weighted by atomic mass is 32.2. The first kappa shape index (κ1) is 17.2. The maximum atomic E-state index is 12.7. The molecule has 0 amide bonds. The molecule has 0 aromatic heterocycles. The first-order chi connectivity index (χ1) is 9.51. The maximum absolute atomic E-state index is 12.7. The molecule has 0 unspecified atom stereocenters. The number of benzene rings is 1. The Labute approximate surface area is 118 Å². The van der Waals surface area contributed by atoms with Crippen LogP contribution in [0.15, 0.2) is 17.0 Å². The highest BCUT2D eigenvalue weighted by Gasteiger charge is 2.41. The van der Waals surface area contributed by atoms with Crippen molar-refractivity contribution in [1.29, 1.82) is 5.26 Å².